The summed E-state index contributed by atoms with van der Waals surface area (Å²) < 4.78 is 5.59. The van der Waals surface area contributed by atoms with Crippen LogP contribution in [0.2, 0.25) is 0 Å². The van der Waals surface area contributed by atoms with Crippen LogP contribution >= 0.6 is 22.7 Å². The summed E-state index contributed by atoms with van der Waals surface area (Å²) in [4.78, 5) is 31.0. The van der Waals surface area contributed by atoms with E-state index in [1.165, 1.54) is 10.4 Å². The van der Waals surface area contributed by atoms with E-state index < -0.39 is 0 Å². The molecule has 1 N–H and O–H groups in total. The Kier molecular flexibility index (Phi) is 4.77. The van der Waals surface area contributed by atoms with Gasteiger partial charge in [-0.25, -0.2) is 4.98 Å². The Morgan fingerprint density at radius 1 is 1.23 bits per heavy atom. The molecule has 1 aliphatic heterocycles. The Hall–Kier alpha value is -1.83. The van der Waals surface area contributed by atoms with E-state index in [2.05, 4.69) is 12.2 Å². The van der Waals surface area contributed by atoms with Crippen LogP contribution in [-0.2, 0) is 27.4 Å². The van der Waals surface area contributed by atoms with Crippen LogP contribution in [0, 0.1) is 13.8 Å². The number of thiazole rings is 1. The third-order valence-corrected chi connectivity index (χ3v) is 7.18. The van der Waals surface area contributed by atoms with Crippen molar-refractivity contribution >= 4 is 39.9 Å². The van der Waals surface area contributed by atoms with Gasteiger partial charge in [0.05, 0.1) is 18.9 Å². The molecule has 0 saturated heterocycles. The summed E-state index contributed by atoms with van der Waals surface area (Å²) in [5, 5.41) is 4.85. The van der Waals surface area contributed by atoms with E-state index in [-0.39, 0.29) is 5.91 Å². The first-order valence-corrected chi connectivity index (χ1v) is 10.4. The van der Waals surface area contributed by atoms with Gasteiger partial charge in [-0.2, -0.15) is 0 Å². The first-order chi connectivity index (χ1) is 12.6. The number of ether oxygens (including phenoxy) is 1. The summed E-state index contributed by atoms with van der Waals surface area (Å²) in [5.74, 6) is -0.157. The van der Waals surface area contributed by atoms with Crippen LogP contribution < -0.4 is 5.32 Å². The highest BCUT2D eigenvalue weighted by Crippen LogP contribution is 2.45. The first-order valence-electron chi connectivity index (χ1n) is 8.73. The fourth-order valence-corrected chi connectivity index (χ4v) is 5.70. The van der Waals surface area contributed by atoms with Crippen molar-refractivity contribution in [1.29, 1.82) is 0 Å². The number of aromatic nitrogens is 1. The highest BCUT2D eigenvalue weighted by Gasteiger charge is 2.27. The smallest absolute Gasteiger partial charge is 0.252 e. The Morgan fingerprint density at radius 2 is 2.08 bits per heavy atom. The summed E-state index contributed by atoms with van der Waals surface area (Å²) in [6.45, 7) is 5.34. The molecule has 0 atom stereocenters. The number of nitrogens with zero attached hydrogens (tertiary/aromatic N) is 1. The lowest BCUT2D eigenvalue weighted by molar-refractivity contribution is -0.113. The van der Waals surface area contributed by atoms with Crippen LogP contribution in [0.4, 0.5) is 5.00 Å². The Labute approximate surface area is 160 Å². The van der Waals surface area contributed by atoms with E-state index in [0.29, 0.717) is 37.2 Å². The van der Waals surface area contributed by atoms with Gasteiger partial charge < -0.3 is 10.1 Å². The van der Waals surface area contributed by atoms with E-state index in [9.17, 15) is 9.59 Å². The van der Waals surface area contributed by atoms with E-state index in [1.54, 1.807) is 22.7 Å². The summed E-state index contributed by atoms with van der Waals surface area (Å²) >= 11 is 3.23. The Morgan fingerprint density at radius 3 is 2.81 bits per heavy atom. The molecular formula is C19H20N2O3S2. The number of nitrogens with one attached hydrogen (secondary N) is 1. The lowest BCUT2D eigenvalue weighted by Gasteiger charge is -2.13. The number of anilines is 1. The van der Waals surface area contributed by atoms with Crippen LogP contribution in [0.25, 0.3) is 10.6 Å². The number of hydrogen-bond acceptors (Lipinski definition) is 6. The largest absolute Gasteiger partial charge is 0.376 e. The molecule has 0 radical (unpaired) electrons. The van der Waals surface area contributed by atoms with Gasteiger partial charge in [-0.05, 0) is 45.1 Å². The van der Waals surface area contributed by atoms with Gasteiger partial charge in [0.1, 0.15) is 16.3 Å². The minimum Gasteiger partial charge on any atom is -0.376 e. The molecule has 26 heavy (non-hydrogen) atoms. The maximum Gasteiger partial charge on any atom is 0.252 e. The molecule has 3 heterocycles. The van der Waals surface area contributed by atoms with Gasteiger partial charge in [0, 0.05) is 26.5 Å². The number of carbonyl (C=O) groups is 2. The first kappa shape index (κ1) is 17.6. The van der Waals surface area contributed by atoms with Crippen molar-refractivity contribution in [3.8, 4) is 10.6 Å². The number of thiophene rings is 1. The van der Waals surface area contributed by atoms with Gasteiger partial charge >= 0.3 is 0 Å². The molecule has 0 bridgehead atoms. The molecule has 7 heteroatoms. The molecule has 0 aromatic carbocycles. The summed E-state index contributed by atoms with van der Waals surface area (Å²) in [6.07, 6.45) is 3.88. The monoisotopic (exact) mass is 388 g/mol. The Bertz CT molecular complexity index is 904. The van der Waals surface area contributed by atoms with Crippen molar-refractivity contribution in [2.75, 3.05) is 11.9 Å². The van der Waals surface area contributed by atoms with E-state index in [1.807, 2.05) is 6.92 Å². The highest BCUT2D eigenvalue weighted by atomic mass is 32.1. The number of hydrogen-bond donors (Lipinski definition) is 1. The standard InChI is InChI=1S/C19H20N2O3S2/c1-10-11(2)25-18(20-10)16-14-6-7-24-9-15(14)26-19(16)21-17(23)13-5-3-4-12(13)8-22/h8H,3-7,9H2,1-2H3,(H,21,23). The fourth-order valence-electron chi connectivity index (χ4n) is 3.46. The molecule has 2 aromatic rings. The summed E-state index contributed by atoms with van der Waals surface area (Å²) in [6, 6.07) is 0. The average molecular weight is 389 g/mol. The number of rotatable bonds is 4. The van der Waals surface area contributed by atoms with Crippen molar-refractivity contribution in [2.24, 2.45) is 0 Å². The number of aldehydes is 1. The highest BCUT2D eigenvalue weighted by molar-refractivity contribution is 7.19. The molecular weight excluding hydrogens is 368 g/mol. The van der Waals surface area contributed by atoms with Crippen molar-refractivity contribution < 1.29 is 14.3 Å². The third-order valence-electron chi connectivity index (χ3n) is 4.97. The minimum atomic E-state index is -0.157. The molecule has 1 amide bonds. The summed E-state index contributed by atoms with van der Waals surface area (Å²) in [7, 11) is 0. The number of amides is 1. The topological polar surface area (TPSA) is 68.3 Å². The van der Waals surface area contributed by atoms with Crippen molar-refractivity contribution in [3.63, 3.8) is 0 Å². The van der Waals surface area contributed by atoms with Gasteiger partial charge in [-0.15, -0.1) is 22.7 Å². The second-order valence-corrected chi connectivity index (χ2v) is 8.91. The molecule has 1 aliphatic carbocycles. The number of carbonyl (C=O) groups excluding carboxylic acids is 2. The van der Waals surface area contributed by atoms with Crippen molar-refractivity contribution in [1.82, 2.24) is 4.98 Å². The fraction of sp³-hybridized carbons (Fsp3) is 0.421. The van der Waals surface area contributed by atoms with Crippen molar-refractivity contribution in [3.05, 3.63) is 32.2 Å². The molecule has 4 rings (SSSR count). The van der Waals surface area contributed by atoms with Crippen LogP contribution in [0.3, 0.4) is 0 Å². The zero-order valence-corrected chi connectivity index (χ0v) is 16.4. The quantitative estimate of drug-likeness (QED) is 0.798. The second kappa shape index (κ2) is 7.06. The lowest BCUT2D eigenvalue weighted by Crippen LogP contribution is -2.14. The third kappa shape index (κ3) is 3.04. The molecule has 136 valence electrons. The van der Waals surface area contributed by atoms with Crippen LogP contribution in [0.1, 0.15) is 40.3 Å². The normalized spacial score (nSPS) is 16.7. The zero-order valence-electron chi connectivity index (χ0n) is 14.8. The number of allylic oxidation sites excluding steroid dienone is 1. The minimum absolute atomic E-state index is 0.157. The van der Waals surface area contributed by atoms with E-state index in [4.69, 9.17) is 9.72 Å². The molecule has 5 nitrogen and oxygen atoms in total. The van der Waals surface area contributed by atoms with Gasteiger partial charge in [0.15, 0.2) is 0 Å². The van der Waals surface area contributed by atoms with Crippen LogP contribution in [0.15, 0.2) is 11.1 Å². The Balaban J connectivity index is 1.75. The van der Waals surface area contributed by atoms with Crippen LogP contribution in [0.5, 0.6) is 0 Å². The molecule has 2 aliphatic rings. The van der Waals surface area contributed by atoms with Crippen LogP contribution in [-0.4, -0.2) is 23.8 Å². The van der Waals surface area contributed by atoms with Gasteiger partial charge in [-0.1, -0.05) is 0 Å². The lowest BCUT2D eigenvalue weighted by atomic mass is 10.1. The van der Waals surface area contributed by atoms with Crippen molar-refractivity contribution in [2.45, 2.75) is 46.1 Å². The van der Waals surface area contributed by atoms with Gasteiger partial charge in [0.25, 0.3) is 5.91 Å². The average Bonchev–Trinajstić information content (AvgIpc) is 3.32. The summed E-state index contributed by atoms with van der Waals surface area (Å²) in [5.41, 5.74) is 4.56. The molecule has 2 aromatic heterocycles. The molecule has 0 saturated carbocycles. The predicted molar refractivity (Wildman–Crippen MR) is 104 cm³/mol. The SMILES string of the molecule is Cc1nc(-c2c(NC(=O)C3=C(C=O)CCC3)sc3c2CCOC3)sc1C. The van der Waals surface area contributed by atoms with Gasteiger partial charge in [-0.3, -0.25) is 9.59 Å². The number of aryl methyl sites for hydroxylation is 2. The maximum absolute atomic E-state index is 12.8. The molecule has 0 unspecified atom stereocenters. The maximum atomic E-state index is 12.8. The second-order valence-electron chi connectivity index (χ2n) is 6.60. The van der Waals surface area contributed by atoms with Gasteiger partial charge in [0.2, 0.25) is 0 Å². The molecule has 0 spiro atoms. The molecule has 0 fully saturated rings. The van der Waals surface area contributed by atoms with E-state index >= 15 is 0 Å². The number of fused-ring (bicyclic) bond motifs is 1. The predicted octanol–water partition coefficient (Wildman–Crippen LogP) is 4.18. The zero-order chi connectivity index (χ0) is 18.3. The van der Waals surface area contributed by atoms with E-state index in [0.717, 1.165) is 45.3 Å².